The molecule has 0 bridgehead atoms. The summed E-state index contributed by atoms with van der Waals surface area (Å²) in [5.41, 5.74) is 0. The number of hydrogen-bond acceptors (Lipinski definition) is 3. The summed E-state index contributed by atoms with van der Waals surface area (Å²) < 4.78 is 0. The van der Waals surface area contributed by atoms with Gasteiger partial charge in [0.05, 0.1) is 11.3 Å². The predicted octanol–water partition coefficient (Wildman–Crippen LogP) is 2.13. The molecular formula is C9H15NO2S. The highest BCUT2D eigenvalue weighted by atomic mass is 32.2. The van der Waals surface area contributed by atoms with Crippen molar-refractivity contribution in [3.8, 4) is 6.07 Å². The maximum atomic E-state index is 10.8. The molecule has 74 valence electrons. The molecule has 0 aliphatic heterocycles. The molecule has 0 rings (SSSR count). The second-order valence-corrected chi connectivity index (χ2v) is 4.51. The number of nitriles is 1. The first-order valence-corrected chi connectivity index (χ1v) is 5.25. The topological polar surface area (TPSA) is 61.1 Å². The molecule has 0 aliphatic rings. The van der Waals surface area contributed by atoms with Crippen LogP contribution < -0.4 is 0 Å². The van der Waals surface area contributed by atoms with Crippen molar-refractivity contribution in [3.05, 3.63) is 0 Å². The van der Waals surface area contributed by atoms with Crippen LogP contribution in [0.2, 0.25) is 0 Å². The molecule has 0 aliphatic carbocycles. The van der Waals surface area contributed by atoms with Crippen LogP contribution in [0.15, 0.2) is 0 Å². The minimum Gasteiger partial charge on any atom is -0.480 e. The van der Waals surface area contributed by atoms with Crippen LogP contribution >= 0.6 is 11.8 Å². The van der Waals surface area contributed by atoms with Gasteiger partial charge in [0.2, 0.25) is 0 Å². The third-order valence-corrected chi connectivity index (χ3v) is 3.48. The average Bonchev–Trinajstić information content (AvgIpc) is 2.05. The minimum absolute atomic E-state index is 0.0601. The third kappa shape index (κ3) is 4.18. The molecule has 4 heteroatoms. The maximum absolute atomic E-state index is 10.8. The van der Waals surface area contributed by atoms with Gasteiger partial charge in [-0.3, -0.25) is 4.79 Å². The van der Waals surface area contributed by atoms with Gasteiger partial charge in [0.15, 0.2) is 0 Å². The van der Waals surface area contributed by atoms with E-state index in [2.05, 4.69) is 6.07 Å². The van der Waals surface area contributed by atoms with Crippen LogP contribution in [0, 0.1) is 17.2 Å². The molecule has 0 aromatic carbocycles. The number of hydrogen-bond donors (Lipinski definition) is 1. The largest absolute Gasteiger partial charge is 0.480 e. The fourth-order valence-electron chi connectivity index (χ4n) is 0.895. The molecule has 0 fully saturated rings. The molecule has 0 radical (unpaired) electrons. The average molecular weight is 201 g/mol. The van der Waals surface area contributed by atoms with Crippen LogP contribution in [0.25, 0.3) is 0 Å². The van der Waals surface area contributed by atoms with Crippen molar-refractivity contribution < 1.29 is 9.90 Å². The number of aliphatic carboxylic acids is 1. The molecule has 0 heterocycles. The fraction of sp³-hybridized carbons (Fsp3) is 0.778. The Labute approximate surface area is 83.1 Å². The molecule has 0 aromatic rings. The van der Waals surface area contributed by atoms with E-state index in [1.54, 1.807) is 0 Å². The molecule has 13 heavy (non-hydrogen) atoms. The first-order valence-electron chi connectivity index (χ1n) is 4.30. The number of nitrogens with zero attached hydrogens (tertiary/aromatic N) is 1. The number of rotatable bonds is 5. The second-order valence-electron chi connectivity index (χ2n) is 3.16. The lowest BCUT2D eigenvalue weighted by Gasteiger charge is -2.17. The van der Waals surface area contributed by atoms with Gasteiger partial charge in [-0.05, 0) is 12.3 Å². The van der Waals surface area contributed by atoms with Gasteiger partial charge in [-0.25, -0.2) is 0 Å². The summed E-state index contributed by atoms with van der Waals surface area (Å²) in [5, 5.41) is 16.9. The van der Waals surface area contributed by atoms with Crippen LogP contribution in [0.5, 0.6) is 0 Å². The Bertz CT molecular complexity index is 210. The van der Waals surface area contributed by atoms with Crippen molar-refractivity contribution in [3.63, 3.8) is 0 Å². The van der Waals surface area contributed by atoms with E-state index >= 15 is 0 Å². The van der Waals surface area contributed by atoms with E-state index < -0.39 is 11.2 Å². The van der Waals surface area contributed by atoms with Crippen molar-refractivity contribution in [1.29, 1.82) is 5.26 Å². The molecule has 0 aromatic heterocycles. The molecule has 0 saturated carbocycles. The Hall–Kier alpha value is -0.690. The van der Waals surface area contributed by atoms with E-state index in [0.29, 0.717) is 6.42 Å². The lowest BCUT2D eigenvalue weighted by atomic mass is 10.1. The Morgan fingerprint density at radius 2 is 2.15 bits per heavy atom. The minimum atomic E-state index is -0.825. The second kappa shape index (κ2) is 5.87. The smallest absolute Gasteiger partial charge is 0.316 e. The highest BCUT2D eigenvalue weighted by Gasteiger charge is 2.25. The lowest BCUT2D eigenvalue weighted by molar-refractivity contribution is -0.137. The number of carboxylic acids is 1. The van der Waals surface area contributed by atoms with E-state index in [4.69, 9.17) is 10.4 Å². The van der Waals surface area contributed by atoms with Crippen LogP contribution in [0.3, 0.4) is 0 Å². The Morgan fingerprint density at radius 1 is 1.62 bits per heavy atom. The predicted molar refractivity (Wildman–Crippen MR) is 53.5 cm³/mol. The molecular weight excluding hydrogens is 186 g/mol. The summed E-state index contributed by atoms with van der Waals surface area (Å²) in [4.78, 5) is 10.8. The van der Waals surface area contributed by atoms with Crippen molar-refractivity contribution >= 4 is 17.7 Å². The van der Waals surface area contributed by atoms with Crippen LogP contribution in [-0.2, 0) is 4.79 Å². The third-order valence-electron chi connectivity index (χ3n) is 1.67. The summed E-state index contributed by atoms with van der Waals surface area (Å²) in [6.45, 7) is 5.60. The van der Waals surface area contributed by atoms with Gasteiger partial charge in [-0.2, -0.15) is 5.26 Å². The highest BCUT2D eigenvalue weighted by molar-refractivity contribution is 8.01. The SMILES string of the molecule is CCC(C#N)SC(C(=O)O)C(C)C. The van der Waals surface area contributed by atoms with E-state index in [1.165, 1.54) is 11.8 Å². The number of thioether (sulfide) groups is 1. The quantitative estimate of drug-likeness (QED) is 0.740. The van der Waals surface area contributed by atoms with Crippen LogP contribution in [0.1, 0.15) is 27.2 Å². The normalized spacial score (nSPS) is 15.0. The van der Waals surface area contributed by atoms with Crippen LogP contribution in [0.4, 0.5) is 0 Å². The Balaban J connectivity index is 4.26. The molecule has 0 amide bonds. The first kappa shape index (κ1) is 12.3. The van der Waals surface area contributed by atoms with Gasteiger partial charge in [-0.1, -0.05) is 20.8 Å². The van der Waals surface area contributed by atoms with Gasteiger partial charge in [0.25, 0.3) is 0 Å². The Kier molecular flexibility index (Phi) is 5.56. The molecule has 2 atom stereocenters. The van der Waals surface area contributed by atoms with E-state index in [-0.39, 0.29) is 11.2 Å². The van der Waals surface area contributed by atoms with Crippen molar-refractivity contribution in [1.82, 2.24) is 0 Å². The van der Waals surface area contributed by atoms with E-state index in [1.807, 2.05) is 20.8 Å². The van der Waals surface area contributed by atoms with Crippen molar-refractivity contribution in [2.45, 2.75) is 37.7 Å². The van der Waals surface area contributed by atoms with Crippen molar-refractivity contribution in [2.75, 3.05) is 0 Å². The zero-order valence-corrected chi connectivity index (χ0v) is 8.97. The van der Waals surface area contributed by atoms with Crippen LogP contribution in [-0.4, -0.2) is 21.6 Å². The van der Waals surface area contributed by atoms with E-state index in [0.717, 1.165) is 0 Å². The molecule has 3 nitrogen and oxygen atoms in total. The number of carbonyl (C=O) groups is 1. The fourth-order valence-corrected chi connectivity index (χ4v) is 1.93. The summed E-state index contributed by atoms with van der Waals surface area (Å²) in [6.07, 6.45) is 0.692. The lowest BCUT2D eigenvalue weighted by Crippen LogP contribution is -2.25. The molecule has 1 N–H and O–H groups in total. The molecule has 2 unspecified atom stereocenters. The van der Waals surface area contributed by atoms with Crippen molar-refractivity contribution in [2.24, 2.45) is 5.92 Å². The molecule has 0 spiro atoms. The zero-order chi connectivity index (χ0) is 10.4. The number of carboxylic acid groups (broad SMARTS) is 1. The summed E-state index contributed by atoms with van der Waals surface area (Å²) >= 11 is 1.25. The Morgan fingerprint density at radius 3 is 2.38 bits per heavy atom. The zero-order valence-electron chi connectivity index (χ0n) is 8.15. The summed E-state index contributed by atoms with van der Waals surface area (Å²) in [5.74, 6) is -0.765. The maximum Gasteiger partial charge on any atom is 0.316 e. The summed E-state index contributed by atoms with van der Waals surface area (Å²) in [6, 6.07) is 2.09. The van der Waals surface area contributed by atoms with Gasteiger partial charge >= 0.3 is 5.97 Å². The monoisotopic (exact) mass is 201 g/mol. The van der Waals surface area contributed by atoms with Gasteiger partial charge < -0.3 is 5.11 Å². The van der Waals surface area contributed by atoms with Gasteiger partial charge in [-0.15, -0.1) is 11.8 Å². The van der Waals surface area contributed by atoms with E-state index in [9.17, 15) is 4.79 Å². The standard InChI is InChI=1S/C9H15NO2S/c1-4-7(5-10)13-8(6(2)3)9(11)12/h6-8H,4H2,1-3H3,(H,11,12). The summed E-state index contributed by atoms with van der Waals surface area (Å²) in [7, 11) is 0. The molecule has 0 saturated heterocycles. The highest BCUT2D eigenvalue weighted by Crippen LogP contribution is 2.25. The van der Waals surface area contributed by atoms with Gasteiger partial charge in [0, 0.05) is 0 Å². The first-order chi connectivity index (χ1) is 6.02. The van der Waals surface area contributed by atoms with Gasteiger partial charge in [0.1, 0.15) is 5.25 Å².